The highest BCUT2D eigenvalue weighted by atomic mass is 35.5. The number of benzene rings is 2. The van der Waals surface area contributed by atoms with E-state index >= 15 is 0 Å². The van der Waals surface area contributed by atoms with Crippen molar-refractivity contribution in [1.82, 2.24) is 0 Å². The average Bonchev–Trinajstić information content (AvgIpc) is 2.38. The van der Waals surface area contributed by atoms with Gasteiger partial charge in [0.2, 0.25) is 0 Å². The minimum Gasteiger partial charge on any atom is -0.0840 e. The van der Waals surface area contributed by atoms with Gasteiger partial charge in [0, 0.05) is 16.0 Å². The second-order valence-corrected chi connectivity index (χ2v) is 5.01. The molecule has 0 aliphatic carbocycles. The Bertz CT molecular complexity index is 559. The summed E-state index contributed by atoms with van der Waals surface area (Å²) in [5.41, 5.74) is 2.15. The van der Waals surface area contributed by atoms with Gasteiger partial charge >= 0.3 is 0 Å². The lowest BCUT2D eigenvalue weighted by Crippen LogP contribution is -1.89. The zero-order chi connectivity index (χ0) is 13.0. The summed E-state index contributed by atoms with van der Waals surface area (Å²) in [4.78, 5) is 0. The normalized spacial score (nSPS) is 12.8. The molecule has 1 unspecified atom stereocenters. The van der Waals surface area contributed by atoms with Crippen molar-refractivity contribution in [2.75, 3.05) is 0 Å². The number of allylic oxidation sites excluding steroid dienone is 1. The first-order valence-electron chi connectivity index (χ1n) is 5.85. The Morgan fingerprint density at radius 1 is 0.889 bits per heavy atom. The lowest BCUT2D eigenvalue weighted by atomic mass is 10.00. The highest BCUT2D eigenvalue weighted by Gasteiger charge is 2.05. The third-order valence-electron chi connectivity index (χ3n) is 2.87. The van der Waals surface area contributed by atoms with Gasteiger partial charge in [0.05, 0.1) is 0 Å². The summed E-state index contributed by atoms with van der Waals surface area (Å²) in [5, 5.41) is 1.56. The summed E-state index contributed by atoms with van der Waals surface area (Å²) in [6.45, 7) is 2.12. The minimum atomic E-state index is 0.259. The molecule has 92 valence electrons. The van der Waals surface area contributed by atoms with E-state index in [4.69, 9.17) is 23.2 Å². The van der Waals surface area contributed by atoms with Crippen LogP contribution in [0.1, 0.15) is 24.0 Å². The van der Waals surface area contributed by atoms with Crippen molar-refractivity contribution in [2.24, 2.45) is 0 Å². The molecule has 0 spiro atoms. The molecule has 0 aliphatic rings. The second-order valence-electron chi connectivity index (χ2n) is 4.19. The van der Waals surface area contributed by atoms with Gasteiger partial charge in [-0.2, -0.15) is 0 Å². The second kappa shape index (κ2) is 6.08. The van der Waals surface area contributed by atoms with Crippen LogP contribution in [0.25, 0.3) is 6.08 Å². The largest absolute Gasteiger partial charge is 0.0840 e. The first-order valence-corrected chi connectivity index (χ1v) is 6.61. The molecule has 0 aliphatic heterocycles. The van der Waals surface area contributed by atoms with E-state index < -0.39 is 0 Å². The van der Waals surface area contributed by atoms with Crippen molar-refractivity contribution in [3.63, 3.8) is 0 Å². The highest BCUT2D eigenvalue weighted by molar-refractivity contribution is 6.32. The van der Waals surface area contributed by atoms with E-state index in [1.165, 1.54) is 0 Å². The van der Waals surface area contributed by atoms with Gasteiger partial charge in [0.15, 0.2) is 0 Å². The summed E-state index contributed by atoms with van der Waals surface area (Å²) >= 11 is 12.3. The number of hydrogen-bond donors (Lipinski definition) is 0. The van der Waals surface area contributed by atoms with Gasteiger partial charge in [-0.05, 0) is 23.3 Å². The molecular weight excluding hydrogens is 263 g/mol. The van der Waals surface area contributed by atoms with E-state index in [0.29, 0.717) is 0 Å². The molecular formula is C16H14Cl2. The summed E-state index contributed by atoms with van der Waals surface area (Å²) in [6, 6.07) is 15.7. The smallest absolute Gasteiger partial charge is 0.0478 e. The Morgan fingerprint density at radius 3 is 2.17 bits per heavy atom. The molecule has 0 amide bonds. The van der Waals surface area contributed by atoms with Crippen LogP contribution in [0.5, 0.6) is 0 Å². The molecule has 0 N–H and O–H groups in total. The number of rotatable bonds is 3. The van der Waals surface area contributed by atoms with Crippen molar-refractivity contribution in [3.8, 4) is 0 Å². The van der Waals surface area contributed by atoms with Crippen LogP contribution < -0.4 is 0 Å². The molecule has 18 heavy (non-hydrogen) atoms. The minimum absolute atomic E-state index is 0.259. The van der Waals surface area contributed by atoms with Crippen LogP contribution in [0.4, 0.5) is 0 Å². The zero-order valence-electron chi connectivity index (χ0n) is 10.1. The maximum atomic E-state index is 6.17. The van der Waals surface area contributed by atoms with Crippen molar-refractivity contribution in [3.05, 3.63) is 75.8 Å². The molecule has 2 aromatic carbocycles. The molecule has 0 nitrogen and oxygen atoms in total. The van der Waals surface area contributed by atoms with Crippen molar-refractivity contribution >= 4 is 29.3 Å². The van der Waals surface area contributed by atoms with Crippen LogP contribution in [-0.4, -0.2) is 0 Å². The van der Waals surface area contributed by atoms with Crippen LogP contribution >= 0.6 is 23.2 Å². The Kier molecular flexibility index (Phi) is 4.46. The molecule has 0 saturated carbocycles. The van der Waals surface area contributed by atoms with Gasteiger partial charge < -0.3 is 0 Å². The fraction of sp³-hybridized carbons (Fsp3) is 0.125. The molecule has 0 saturated heterocycles. The number of halogens is 2. The molecule has 0 fully saturated rings. The van der Waals surface area contributed by atoms with Crippen LogP contribution in [0, 0.1) is 0 Å². The fourth-order valence-corrected chi connectivity index (χ4v) is 2.31. The van der Waals surface area contributed by atoms with E-state index in [9.17, 15) is 0 Å². The highest BCUT2D eigenvalue weighted by Crippen LogP contribution is 2.26. The SMILES string of the molecule is CC(/C=C/c1ccccc1Cl)c1ccccc1Cl. The predicted octanol–water partition coefficient (Wildman–Crippen LogP) is 5.81. The summed E-state index contributed by atoms with van der Waals surface area (Å²) in [7, 11) is 0. The van der Waals surface area contributed by atoms with Gasteiger partial charge in [-0.15, -0.1) is 0 Å². The molecule has 2 aromatic rings. The fourth-order valence-electron chi connectivity index (χ4n) is 1.81. The first-order chi connectivity index (χ1) is 8.68. The van der Waals surface area contributed by atoms with Gasteiger partial charge in [0.25, 0.3) is 0 Å². The van der Waals surface area contributed by atoms with Gasteiger partial charge in [-0.3, -0.25) is 0 Å². The summed E-state index contributed by atoms with van der Waals surface area (Å²) in [5.74, 6) is 0.259. The molecule has 0 aromatic heterocycles. The molecule has 2 heteroatoms. The van der Waals surface area contributed by atoms with Gasteiger partial charge in [-0.25, -0.2) is 0 Å². The summed E-state index contributed by atoms with van der Waals surface area (Å²) in [6.07, 6.45) is 4.15. The van der Waals surface area contributed by atoms with E-state index in [1.54, 1.807) is 0 Å². The van der Waals surface area contributed by atoms with Crippen molar-refractivity contribution < 1.29 is 0 Å². The average molecular weight is 277 g/mol. The van der Waals surface area contributed by atoms with Gasteiger partial charge in [-0.1, -0.05) is 78.7 Å². The first kappa shape index (κ1) is 13.2. The maximum Gasteiger partial charge on any atom is 0.0478 e. The maximum absolute atomic E-state index is 6.17. The van der Waals surface area contributed by atoms with E-state index in [-0.39, 0.29) is 5.92 Å². The third-order valence-corrected chi connectivity index (χ3v) is 3.55. The molecule has 1 atom stereocenters. The van der Waals surface area contributed by atoms with Crippen molar-refractivity contribution in [2.45, 2.75) is 12.8 Å². The van der Waals surface area contributed by atoms with Gasteiger partial charge in [0.1, 0.15) is 0 Å². The van der Waals surface area contributed by atoms with E-state index in [1.807, 2.05) is 54.6 Å². The van der Waals surface area contributed by atoms with Crippen molar-refractivity contribution in [1.29, 1.82) is 0 Å². The lowest BCUT2D eigenvalue weighted by molar-refractivity contribution is 0.973. The third kappa shape index (κ3) is 3.16. The Hall–Kier alpha value is -1.24. The quantitative estimate of drug-likeness (QED) is 0.664. The number of hydrogen-bond acceptors (Lipinski definition) is 0. The predicted molar refractivity (Wildman–Crippen MR) is 80.4 cm³/mol. The standard InChI is InChI=1S/C16H14Cl2/c1-12(14-7-3-5-9-16(14)18)10-11-13-6-2-4-8-15(13)17/h2-12H,1H3/b11-10+. The topological polar surface area (TPSA) is 0 Å². The van der Waals surface area contributed by atoms with E-state index in [2.05, 4.69) is 13.0 Å². The van der Waals surface area contributed by atoms with Crippen LogP contribution in [-0.2, 0) is 0 Å². The molecule has 0 radical (unpaired) electrons. The van der Waals surface area contributed by atoms with Crippen LogP contribution in [0.2, 0.25) is 10.0 Å². The van der Waals surface area contributed by atoms with Crippen LogP contribution in [0.15, 0.2) is 54.6 Å². The molecule has 0 bridgehead atoms. The Morgan fingerprint density at radius 2 is 1.50 bits per heavy atom. The monoisotopic (exact) mass is 276 g/mol. The van der Waals surface area contributed by atoms with E-state index in [0.717, 1.165) is 21.2 Å². The molecule has 2 rings (SSSR count). The Balaban J connectivity index is 2.20. The Labute approximate surface area is 118 Å². The lowest BCUT2D eigenvalue weighted by Gasteiger charge is -2.08. The summed E-state index contributed by atoms with van der Waals surface area (Å²) < 4.78 is 0. The van der Waals surface area contributed by atoms with Crippen LogP contribution in [0.3, 0.4) is 0 Å². The molecule has 0 heterocycles. The zero-order valence-corrected chi connectivity index (χ0v) is 11.6.